The lowest BCUT2D eigenvalue weighted by atomic mass is 9.72. The van der Waals surface area contributed by atoms with Crippen LogP contribution >= 0.6 is 0 Å². The van der Waals surface area contributed by atoms with E-state index >= 15 is 0 Å². The van der Waals surface area contributed by atoms with E-state index in [-0.39, 0.29) is 5.41 Å². The van der Waals surface area contributed by atoms with Crippen LogP contribution in [0.2, 0.25) is 0 Å². The highest BCUT2D eigenvalue weighted by Crippen LogP contribution is 2.53. The minimum absolute atomic E-state index is 0.319. The maximum absolute atomic E-state index is 2.61. The fourth-order valence-electron chi connectivity index (χ4n) is 12.3. The van der Waals surface area contributed by atoms with E-state index in [0.29, 0.717) is 5.92 Å². The summed E-state index contributed by atoms with van der Waals surface area (Å²) in [4.78, 5) is 0. The Hall–Kier alpha value is -7.48. The van der Waals surface area contributed by atoms with Crippen LogP contribution in [-0.2, 0) is 11.8 Å². The van der Waals surface area contributed by atoms with Crippen molar-refractivity contribution in [1.29, 1.82) is 0 Å². The molecule has 1 atom stereocenters. The molecule has 1 nitrogen and oxygen atoms in total. The van der Waals surface area contributed by atoms with E-state index in [1.807, 2.05) is 0 Å². The van der Waals surface area contributed by atoms with E-state index < -0.39 is 0 Å². The van der Waals surface area contributed by atoms with Crippen LogP contribution in [0.4, 0.5) is 0 Å². The number of hydrogen-bond acceptors (Lipinski definition) is 0. The summed E-state index contributed by atoms with van der Waals surface area (Å²) in [6, 6.07) is 69.4. The fraction of sp³-hybridized carbons (Fsp3) is 0.111. The van der Waals surface area contributed by atoms with E-state index in [2.05, 4.69) is 213 Å². The largest absolute Gasteiger partial charge is 0.309 e. The molecule has 0 spiro atoms. The van der Waals surface area contributed by atoms with Gasteiger partial charge in [0, 0.05) is 16.2 Å². The van der Waals surface area contributed by atoms with E-state index in [1.165, 1.54) is 138 Å². The molecule has 10 aromatic carbocycles. The molecular weight excluding hydrogens is 771 g/mol. The third kappa shape index (κ3) is 5.01. The number of fused-ring (bicyclic) bond motifs is 11. The summed E-state index contributed by atoms with van der Waals surface area (Å²) >= 11 is 0. The first kappa shape index (κ1) is 36.0. The summed E-state index contributed by atoms with van der Waals surface area (Å²) in [5.74, 6) is 0.549. The highest BCUT2D eigenvalue weighted by Gasteiger charge is 2.37. The zero-order valence-corrected chi connectivity index (χ0v) is 36.1. The van der Waals surface area contributed by atoms with E-state index in [9.17, 15) is 0 Å². The van der Waals surface area contributed by atoms with Crippen molar-refractivity contribution in [2.24, 2.45) is 5.92 Å². The first-order chi connectivity index (χ1) is 31.5. The van der Waals surface area contributed by atoms with Gasteiger partial charge >= 0.3 is 0 Å². The minimum atomic E-state index is -0.319. The molecule has 302 valence electrons. The van der Waals surface area contributed by atoms with Gasteiger partial charge in [0.1, 0.15) is 0 Å². The highest BCUT2D eigenvalue weighted by molar-refractivity contribution is 6.18. The monoisotopic (exact) mass is 815 g/mol. The third-order valence-corrected chi connectivity index (χ3v) is 15.3. The van der Waals surface area contributed by atoms with Gasteiger partial charge in [-0.25, -0.2) is 0 Å². The van der Waals surface area contributed by atoms with Crippen LogP contribution in [-0.4, -0.2) is 4.57 Å². The third-order valence-electron chi connectivity index (χ3n) is 15.3. The quantitative estimate of drug-likeness (QED) is 0.157. The number of nitrogens with zero attached hydrogens (tertiary/aromatic N) is 1. The number of benzene rings is 10. The van der Waals surface area contributed by atoms with Gasteiger partial charge in [-0.3, -0.25) is 0 Å². The van der Waals surface area contributed by atoms with Crippen molar-refractivity contribution in [3.63, 3.8) is 0 Å². The van der Waals surface area contributed by atoms with Gasteiger partial charge in [0.2, 0.25) is 0 Å². The maximum atomic E-state index is 2.61. The molecule has 2 aliphatic carbocycles. The first-order valence-corrected chi connectivity index (χ1v) is 23.1. The first-order valence-electron chi connectivity index (χ1n) is 23.1. The lowest BCUT2D eigenvalue weighted by Gasteiger charge is -2.35. The van der Waals surface area contributed by atoms with Gasteiger partial charge in [-0.05, 0) is 178 Å². The summed E-state index contributed by atoms with van der Waals surface area (Å²) in [6.07, 6.45) is 8.32. The fourth-order valence-corrected chi connectivity index (χ4v) is 12.3. The van der Waals surface area contributed by atoms with Crippen molar-refractivity contribution < 1.29 is 0 Å². The second-order valence-corrected chi connectivity index (χ2v) is 19.1. The molecule has 14 rings (SSSR count). The van der Waals surface area contributed by atoms with Gasteiger partial charge in [-0.1, -0.05) is 159 Å². The Balaban J connectivity index is 1.10. The van der Waals surface area contributed by atoms with Crippen molar-refractivity contribution in [2.45, 2.75) is 38.5 Å². The molecule has 1 unspecified atom stereocenters. The molecule has 2 heterocycles. The highest BCUT2D eigenvalue weighted by atomic mass is 15.0. The molecule has 1 heteroatoms. The van der Waals surface area contributed by atoms with Gasteiger partial charge < -0.3 is 4.57 Å². The Labute approximate surface area is 373 Å². The molecule has 0 amide bonds. The predicted molar refractivity (Wildman–Crippen MR) is 272 cm³/mol. The lowest BCUT2D eigenvalue weighted by Crippen LogP contribution is -2.26. The molecule has 0 saturated carbocycles. The second kappa shape index (κ2) is 13.3. The van der Waals surface area contributed by atoms with Crippen LogP contribution in [0.1, 0.15) is 54.5 Å². The van der Waals surface area contributed by atoms with Gasteiger partial charge in [0.05, 0.1) is 16.7 Å². The number of hydrogen-bond donors (Lipinski definition) is 0. The van der Waals surface area contributed by atoms with Crippen LogP contribution in [0.15, 0.2) is 200 Å². The van der Waals surface area contributed by atoms with Crippen molar-refractivity contribution in [3.05, 3.63) is 228 Å². The normalized spacial score (nSPS) is 16.2. The Morgan fingerprint density at radius 3 is 1.72 bits per heavy atom. The molecular formula is C63H45N. The molecule has 3 aliphatic rings. The molecule has 64 heavy (non-hydrogen) atoms. The second-order valence-electron chi connectivity index (χ2n) is 19.1. The maximum Gasteiger partial charge on any atom is 0.0582 e. The minimum Gasteiger partial charge on any atom is -0.309 e. The van der Waals surface area contributed by atoms with Gasteiger partial charge in [0.25, 0.3) is 0 Å². The van der Waals surface area contributed by atoms with Crippen LogP contribution in [0, 0.1) is 5.92 Å². The predicted octanol–water partition coefficient (Wildman–Crippen LogP) is 16.7. The number of allylic oxidation sites excluding steroid dienone is 3. The molecule has 0 fully saturated rings. The van der Waals surface area contributed by atoms with Gasteiger partial charge in [-0.15, -0.1) is 0 Å². The molecule has 0 radical (unpaired) electrons. The summed E-state index contributed by atoms with van der Waals surface area (Å²) in [6.45, 7) is 4.92. The Bertz CT molecular complexity index is 3800. The van der Waals surface area contributed by atoms with Crippen LogP contribution in [0.25, 0.3) is 98.4 Å². The molecule has 1 aromatic heterocycles. The summed E-state index contributed by atoms with van der Waals surface area (Å²) in [5, 5.41) is 12.9. The van der Waals surface area contributed by atoms with Crippen molar-refractivity contribution in [1.82, 2.24) is 4.57 Å². The average molecular weight is 816 g/mol. The molecule has 1 aliphatic heterocycles. The van der Waals surface area contributed by atoms with Crippen molar-refractivity contribution in [3.8, 4) is 27.9 Å². The van der Waals surface area contributed by atoms with Crippen LogP contribution in [0.3, 0.4) is 0 Å². The zero-order valence-electron chi connectivity index (χ0n) is 36.1. The topological polar surface area (TPSA) is 4.93 Å². The smallest absolute Gasteiger partial charge is 0.0582 e. The van der Waals surface area contributed by atoms with Gasteiger partial charge in [0.15, 0.2) is 0 Å². The van der Waals surface area contributed by atoms with E-state index in [4.69, 9.17) is 0 Å². The molecule has 0 bridgehead atoms. The van der Waals surface area contributed by atoms with Crippen molar-refractivity contribution in [2.75, 3.05) is 0 Å². The SMILES string of the molecule is CC1(C)c2cc(-c3c4ccccc4cc4ccccc34)ccc2-n2c3ccc(C4=C5C=CCCC5Cc5ccccc54)cc3c3cc(-c4c5ccccc5cc5ccccc45)cc1c32. The van der Waals surface area contributed by atoms with E-state index in [1.54, 1.807) is 0 Å². The lowest BCUT2D eigenvalue weighted by molar-refractivity contribution is 0.555. The summed E-state index contributed by atoms with van der Waals surface area (Å²) in [5.41, 5.74) is 18.4. The van der Waals surface area contributed by atoms with Crippen LogP contribution < -0.4 is 0 Å². The van der Waals surface area contributed by atoms with Crippen LogP contribution in [0.5, 0.6) is 0 Å². The summed E-state index contributed by atoms with van der Waals surface area (Å²) < 4.78 is 2.61. The zero-order chi connectivity index (χ0) is 42.3. The molecule has 11 aromatic rings. The average Bonchev–Trinajstić information content (AvgIpc) is 3.66. The Kier molecular flexibility index (Phi) is 7.47. The number of aromatic nitrogens is 1. The Morgan fingerprint density at radius 2 is 1.05 bits per heavy atom. The molecule has 0 saturated heterocycles. The van der Waals surface area contributed by atoms with E-state index in [0.717, 1.165) is 12.8 Å². The number of rotatable bonds is 3. The standard InChI is InChI=1S/C63H45N/c1-63(2)55-36-45(60-49-23-11-5-17-40(49)32-41-18-6-12-24-50(41)60)28-30-58(55)64-57-29-27-44(59-47-21-9-3-15-38(47)31-39-16-4-10-22-48(39)59)34-53(57)54-35-46(37-56(63)62(54)64)61-51-25-13-7-19-42(51)33-43-20-8-14-26-52(43)61/h3,5-15,17-30,32-37,39H,4,16,31H2,1-2H3. The van der Waals surface area contributed by atoms with Crippen molar-refractivity contribution >= 4 is 70.5 Å². The van der Waals surface area contributed by atoms with Gasteiger partial charge in [-0.2, -0.15) is 0 Å². The summed E-state index contributed by atoms with van der Waals surface area (Å²) in [7, 11) is 0. The Morgan fingerprint density at radius 1 is 0.484 bits per heavy atom. The molecule has 0 N–H and O–H groups in total.